The Kier molecular flexibility index (Phi) is 2.81. The maximum Gasteiger partial charge on any atom is 0.0673 e. The van der Waals surface area contributed by atoms with E-state index in [4.69, 9.17) is 23.2 Å². The Morgan fingerprint density at radius 3 is 1.80 bits per heavy atom. The molecular formula is C6H4Cl2S2. The minimum Gasteiger partial charge on any atom is -0.142 e. The summed E-state index contributed by atoms with van der Waals surface area (Å²) in [6.07, 6.45) is 0. The van der Waals surface area contributed by atoms with Gasteiger partial charge in [-0.15, -0.1) is 25.3 Å². The predicted octanol–water partition coefficient (Wildman–Crippen LogP) is 3.57. The fourth-order valence-corrected chi connectivity index (χ4v) is 1.65. The fraction of sp³-hybridized carbons (Fsp3) is 0. The van der Waals surface area contributed by atoms with Gasteiger partial charge in [-0.3, -0.25) is 0 Å². The van der Waals surface area contributed by atoms with E-state index in [0.717, 1.165) is 0 Å². The highest BCUT2D eigenvalue weighted by Crippen LogP contribution is 2.30. The standard InChI is InChI=1S/C6H4Cl2S2/c7-3-1-4(9)6(8)5(10)2-3/h1-2,9-10H. The van der Waals surface area contributed by atoms with Crippen molar-refractivity contribution in [3.8, 4) is 0 Å². The van der Waals surface area contributed by atoms with Crippen LogP contribution in [0.5, 0.6) is 0 Å². The van der Waals surface area contributed by atoms with Gasteiger partial charge in [0.2, 0.25) is 0 Å². The van der Waals surface area contributed by atoms with E-state index in [1.54, 1.807) is 12.1 Å². The first-order valence-electron chi connectivity index (χ1n) is 2.48. The van der Waals surface area contributed by atoms with Crippen molar-refractivity contribution in [2.75, 3.05) is 0 Å². The summed E-state index contributed by atoms with van der Waals surface area (Å²) in [5.74, 6) is 0. The molecule has 54 valence electrons. The van der Waals surface area contributed by atoms with Gasteiger partial charge in [0.25, 0.3) is 0 Å². The van der Waals surface area contributed by atoms with Gasteiger partial charge in [-0.05, 0) is 12.1 Å². The van der Waals surface area contributed by atoms with Crippen LogP contribution in [0.1, 0.15) is 0 Å². The van der Waals surface area contributed by atoms with Crippen LogP contribution in [0.25, 0.3) is 0 Å². The molecule has 0 fully saturated rings. The molecule has 0 unspecified atom stereocenters. The molecule has 0 heterocycles. The van der Waals surface area contributed by atoms with Gasteiger partial charge in [0, 0.05) is 14.8 Å². The molecule has 0 atom stereocenters. The quantitative estimate of drug-likeness (QED) is 0.602. The molecular weight excluding hydrogens is 207 g/mol. The molecule has 0 bridgehead atoms. The number of hydrogen-bond donors (Lipinski definition) is 2. The van der Waals surface area contributed by atoms with Crippen molar-refractivity contribution in [3.05, 3.63) is 22.2 Å². The molecule has 0 radical (unpaired) electrons. The SMILES string of the molecule is Sc1cc(Cl)cc(S)c1Cl. The predicted molar refractivity (Wildman–Crippen MR) is 51.0 cm³/mol. The highest BCUT2D eigenvalue weighted by molar-refractivity contribution is 7.81. The summed E-state index contributed by atoms with van der Waals surface area (Å²) in [5.41, 5.74) is 0. The van der Waals surface area contributed by atoms with E-state index in [-0.39, 0.29) is 0 Å². The van der Waals surface area contributed by atoms with Crippen molar-refractivity contribution >= 4 is 48.5 Å². The van der Waals surface area contributed by atoms with E-state index in [2.05, 4.69) is 25.3 Å². The highest BCUT2D eigenvalue weighted by atomic mass is 35.5. The number of hydrogen-bond acceptors (Lipinski definition) is 2. The number of halogens is 2. The largest absolute Gasteiger partial charge is 0.142 e. The minimum absolute atomic E-state index is 0.538. The molecule has 1 rings (SSSR count). The Bertz CT molecular complexity index is 237. The summed E-state index contributed by atoms with van der Waals surface area (Å²) >= 11 is 19.5. The molecule has 0 spiro atoms. The van der Waals surface area contributed by atoms with Crippen molar-refractivity contribution < 1.29 is 0 Å². The lowest BCUT2D eigenvalue weighted by molar-refractivity contribution is 1.35. The van der Waals surface area contributed by atoms with Crippen molar-refractivity contribution in [2.24, 2.45) is 0 Å². The topological polar surface area (TPSA) is 0 Å². The summed E-state index contributed by atoms with van der Waals surface area (Å²) in [7, 11) is 0. The summed E-state index contributed by atoms with van der Waals surface area (Å²) in [6.45, 7) is 0. The summed E-state index contributed by atoms with van der Waals surface area (Å²) in [6, 6.07) is 3.35. The van der Waals surface area contributed by atoms with Gasteiger partial charge in [-0.1, -0.05) is 23.2 Å². The van der Waals surface area contributed by atoms with Crippen LogP contribution in [0.2, 0.25) is 10.0 Å². The smallest absolute Gasteiger partial charge is 0.0673 e. The van der Waals surface area contributed by atoms with Crippen molar-refractivity contribution in [1.82, 2.24) is 0 Å². The maximum atomic E-state index is 5.74. The molecule has 0 saturated carbocycles. The molecule has 0 saturated heterocycles. The lowest BCUT2D eigenvalue weighted by atomic mass is 10.4. The molecule has 0 aliphatic heterocycles. The second-order valence-electron chi connectivity index (χ2n) is 1.76. The van der Waals surface area contributed by atoms with Crippen LogP contribution in [0.3, 0.4) is 0 Å². The second kappa shape index (κ2) is 3.26. The van der Waals surface area contributed by atoms with E-state index in [1.807, 2.05) is 0 Å². The average molecular weight is 211 g/mol. The lowest BCUT2D eigenvalue weighted by Crippen LogP contribution is -1.73. The van der Waals surface area contributed by atoms with Gasteiger partial charge in [0.05, 0.1) is 5.02 Å². The van der Waals surface area contributed by atoms with Gasteiger partial charge in [0.1, 0.15) is 0 Å². The Morgan fingerprint density at radius 2 is 1.40 bits per heavy atom. The minimum atomic E-state index is 0.538. The lowest BCUT2D eigenvalue weighted by Gasteiger charge is -1.99. The maximum absolute atomic E-state index is 5.74. The highest BCUT2D eigenvalue weighted by Gasteiger charge is 2.01. The van der Waals surface area contributed by atoms with E-state index in [1.165, 1.54) is 0 Å². The third kappa shape index (κ3) is 1.76. The zero-order valence-electron chi connectivity index (χ0n) is 4.81. The Hall–Kier alpha value is 0.500. The molecule has 0 aliphatic carbocycles. The molecule has 4 heteroatoms. The van der Waals surface area contributed by atoms with Gasteiger partial charge in [0.15, 0.2) is 0 Å². The average Bonchev–Trinajstić information content (AvgIpc) is 1.82. The molecule has 0 amide bonds. The van der Waals surface area contributed by atoms with Gasteiger partial charge >= 0.3 is 0 Å². The summed E-state index contributed by atoms with van der Waals surface area (Å²) < 4.78 is 0. The summed E-state index contributed by atoms with van der Waals surface area (Å²) in [4.78, 5) is 1.30. The number of benzene rings is 1. The normalized spacial score (nSPS) is 10.0. The van der Waals surface area contributed by atoms with Crippen LogP contribution >= 0.6 is 48.5 Å². The van der Waals surface area contributed by atoms with Crippen LogP contribution in [0.4, 0.5) is 0 Å². The van der Waals surface area contributed by atoms with Crippen LogP contribution < -0.4 is 0 Å². The van der Waals surface area contributed by atoms with Crippen molar-refractivity contribution in [1.29, 1.82) is 0 Å². The van der Waals surface area contributed by atoms with E-state index < -0.39 is 0 Å². The summed E-state index contributed by atoms with van der Waals surface area (Å²) in [5, 5.41) is 1.13. The zero-order valence-corrected chi connectivity index (χ0v) is 8.11. The zero-order chi connectivity index (χ0) is 7.72. The van der Waals surface area contributed by atoms with Crippen LogP contribution in [-0.2, 0) is 0 Å². The van der Waals surface area contributed by atoms with Crippen LogP contribution in [0, 0.1) is 0 Å². The van der Waals surface area contributed by atoms with E-state index >= 15 is 0 Å². The van der Waals surface area contributed by atoms with Gasteiger partial charge < -0.3 is 0 Å². The Labute approximate surface area is 80.3 Å². The number of rotatable bonds is 0. The van der Waals surface area contributed by atoms with Crippen LogP contribution in [0.15, 0.2) is 21.9 Å². The molecule has 0 aromatic heterocycles. The third-order valence-electron chi connectivity index (χ3n) is 0.999. The second-order valence-corrected chi connectivity index (χ2v) is 3.54. The fourth-order valence-electron chi connectivity index (χ4n) is 0.561. The molecule has 0 aliphatic rings. The molecule has 0 N–H and O–H groups in total. The first kappa shape index (κ1) is 8.60. The molecule has 1 aromatic carbocycles. The first-order chi connectivity index (χ1) is 4.61. The monoisotopic (exact) mass is 210 g/mol. The van der Waals surface area contributed by atoms with E-state index in [0.29, 0.717) is 19.8 Å². The van der Waals surface area contributed by atoms with Gasteiger partial charge in [-0.2, -0.15) is 0 Å². The Balaban J connectivity index is 3.31. The third-order valence-corrected chi connectivity index (χ3v) is 2.59. The van der Waals surface area contributed by atoms with Crippen molar-refractivity contribution in [3.63, 3.8) is 0 Å². The first-order valence-corrected chi connectivity index (χ1v) is 4.13. The van der Waals surface area contributed by atoms with Crippen molar-refractivity contribution in [2.45, 2.75) is 9.79 Å². The molecule has 0 nitrogen and oxygen atoms in total. The van der Waals surface area contributed by atoms with Gasteiger partial charge in [-0.25, -0.2) is 0 Å². The molecule has 1 aromatic rings. The number of thiol groups is 2. The Morgan fingerprint density at radius 1 is 1.00 bits per heavy atom. The van der Waals surface area contributed by atoms with Crippen LogP contribution in [-0.4, -0.2) is 0 Å². The van der Waals surface area contributed by atoms with E-state index in [9.17, 15) is 0 Å². The molecule has 10 heavy (non-hydrogen) atoms.